The maximum atomic E-state index is 13.4. The van der Waals surface area contributed by atoms with E-state index in [9.17, 15) is 9.59 Å². The third-order valence-electron chi connectivity index (χ3n) is 6.26. The number of benzene rings is 1. The highest BCUT2D eigenvalue weighted by Crippen LogP contribution is 2.48. The number of rotatable bonds is 10. The van der Waals surface area contributed by atoms with E-state index >= 15 is 0 Å². The summed E-state index contributed by atoms with van der Waals surface area (Å²) in [4.78, 5) is 31.5. The zero-order valence-corrected chi connectivity index (χ0v) is 22.0. The summed E-state index contributed by atoms with van der Waals surface area (Å²) in [5.41, 5.74) is 2.63. The Bertz CT molecular complexity index is 981. The van der Waals surface area contributed by atoms with Gasteiger partial charge in [0.05, 0.1) is 25.2 Å². The first-order valence-electron chi connectivity index (χ1n) is 12.1. The minimum Gasteiger partial charge on any atom is -0.493 e. The number of fused-ring (bicyclic) bond motifs is 1. The van der Waals surface area contributed by atoms with Gasteiger partial charge in [-0.3, -0.25) is 9.79 Å². The number of ketones is 1. The van der Waals surface area contributed by atoms with Crippen LogP contribution in [-0.4, -0.2) is 49.3 Å². The van der Waals surface area contributed by atoms with Crippen molar-refractivity contribution in [2.75, 3.05) is 31.8 Å². The summed E-state index contributed by atoms with van der Waals surface area (Å²) in [5.74, 6) is 1.72. The minimum atomic E-state index is -0.476. The molecule has 0 saturated heterocycles. The first kappa shape index (κ1) is 26.3. The quantitative estimate of drug-likeness (QED) is 0.316. The van der Waals surface area contributed by atoms with Crippen molar-refractivity contribution < 1.29 is 23.8 Å². The molecule has 186 valence electrons. The van der Waals surface area contributed by atoms with Gasteiger partial charge in [0.25, 0.3) is 0 Å². The average molecular weight is 488 g/mol. The van der Waals surface area contributed by atoms with Gasteiger partial charge in [0.2, 0.25) is 0 Å². The number of carbonyl (C=O) groups is 2. The lowest BCUT2D eigenvalue weighted by molar-refractivity contribution is -0.139. The highest BCUT2D eigenvalue weighted by molar-refractivity contribution is 7.99. The van der Waals surface area contributed by atoms with Crippen LogP contribution in [0.4, 0.5) is 0 Å². The number of Topliss-reactive ketones (excluding diaryl/α,β-unsaturated/α-hetero) is 1. The normalized spacial score (nSPS) is 21.6. The highest BCUT2D eigenvalue weighted by atomic mass is 32.2. The van der Waals surface area contributed by atoms with Gasteiger partial charge in [0.1, 0.15) is 12.4 Å². The predicted molar refractivity (Wildman–Crippen MR) is 137 cm³/mol. The van der Waals surface area contributed by atoms with Gasteiger partial charge < -0.3 is 14.2 Å². The number of allylic oxidation sites excluding steroid dienone is 1. The molecule has 1 aromatic carbocycles. The van der Waals surface area contributed by atoms with E-state index in [0.29, 0.717) is 42.4 Å². The molecule has 1 fully saturated rings. The molecule has 0 bridgehead atoms. The van der Waals surface area contributed by atoms with Crippen LogP contribution in [0.1, 0.15) is 65.4 Å². The Kier molecular flexibility index (Phi) is 8.85. The van der Waals surface area contributed by atoms with Crippen LogP contribution in [0.5, 0.6) is 11.5 Å². The molecular weight excluding hydrogens is 450 g/mol. The van der Waals surface area contributed by atoms with Crippen LogP contribution in [-0.2, 0) is 14.3 Å². The number of methoxy groups -OCH3 is 1. The number of nitrogens with zero attached hydrogens (tertiary/aromatic N) is 1. The summed E-state index contributed by atoms with van der Waals surface area (Å²) in [6.07, 6.45) is 2.06. The number of hydrogen-bond donors (Lipinski definition) is 0. The van der Waals surface area contributed by atoms with Crippen LogP contribution in [0.3, 0.4) is 0 Å². The number of thioether (sulfide) groups is 1. The van der Waals surface area contributed by atoms with Crippen LogP contribution in [0.2, 0.25) is 0 Å². The topological polar surface area (TPSA) is 74.2 Å². The summed E-state index contributed by atoms with van der Waals surface area (Å²) in [6.45, 7) is 11.1. The Morgan fingerprint density at radius 3 is 2.59 bits per heavy atom. The molecule has 0 amide bonds. The van der Waals surface area contributed by atoms with Crippen LogP contribution >= 0.6 is 11.8 Å². The standard InChI is InChI=1S/C27H37NO5S/c1-7-11-32-21-10-9-18(14-22(21)31-6)24-23(26(30)33-12-13-34-8-2)17(3)28-19-15-27(4,5)16-20(29)25(19)24/h9-10,14,24-25H,7-8,11-13,15-16H2,1-6H3. The van der Waals surface area contributed by atoms with E-state index in [2.05, 4.69) is 20.8 Å². The summed E-state index contributed by atoms with van der Waals surface area (Å²) < 4.78 is 17.1. The van der Waals surface area contributed by atoms with Crippen LogP contribution in [0.15, 0.2) is 34.5 Å². The van der Waals surface area contributed by atoms with Crippen LogP contribution in [0, 0.1) is 11.3 Å². The van der Waals surface area contributed by atoms with E-state index < -0.39 is 17.8 Å². The van der Waals surface area contributed by atoms with Gasteiger partial charge in [0.15, 0.2) is 11.5 Å². The molecule has 6 nitrogen and oxygen atoms in total. The van der Waals surface area contributed by atoms with Crippen molar-refractivity contribution in [1.29, 1.82) is 0 Å². The van der Waals surface area contributed by atoms with Crippen LogP contribution in [0.25, 0.3) is 0 Å². The van der Waals surface area contributed by atoms with E-state index in [0.717, 1.165) is 35.6 Å². The molecule has 2 aliphatic rings. The largest absolute Gasteiger partial charge is 0.493 e. The van der Waals surface area contributed by atoms with Crippen molar-refractivity contribution in [2.24, 2.45) is 16.3 Å². The predicted octanol–water partition coefficient (Wildman–Crippen LogP) is 5.60. The van der Waals surface area contributed by atoms with Gasteiger partial charge in [-0.25, -0.2) is 4.79 Å². The van der Waals surface area contributed by atoms with E-state index in [-0.39, 0.29) is 11.2 Å². The third-order valence-corrected chi connectivity index (χ3v) is 7.12. The number of aliphatic imine (C=N–C) groups is 1. The fourth-order valence-electron chi connectivity index (χ4n) is 4.84. The maximum Gasteiger partial charge on any atom is 0.336 e. The molecule has 1 aliphatic carbocycles. The molecule has 1 heterocycles. The first-order valence-corrected chi connectivity index (χ1v) is 13.2. The smallest absolute Gasteiger partial charge is 0.336 e. The molecule has 3 rings (SSSR count). The fourth-order valence-corrected chi connectivity index (χ4v) is 5.33. The van der Waals surface area contributed by atoms with Crippen molar-refractivity contribution in [3.05, 3.63) is 35.0 Å². The Hall–Kier alpha value is -2.28. The molecule has 2 unspecified atom stereocenters. The SMILES string of the molecule is CCCOc1ccc(C2C(C(=O)OCCSCC)=C(C)N=C3CC(C)(C)CC(=O)C32)cc1OC. The lowest BCUT2D eigenvalue weighted by Crippen LogP contribution is -2.44. The lowest BCUT2D eigenvalue weighted by atomic mass is 9.63. The van der Waals surface area contributed by atoms with Gasteiger partial charge >= 0.3 is 5.97 Å². The molecule has 7 heteroatoms. The summed E-state index contributed by atoms with van der Waals surface area (Å²) in [5, 5.41) is 0. The molecule has 1 aromatic rings. The monoisotopic (exact) mass is 487 g/mol. The van der Waals surface area contributed by atoms with Crippen molar-refractivity contribution in [1.82, 2.24) is 0 Å². The third kappa shape index (κ3) is 5.85. The zero-order valence-electron chi connectivity index (χ0n) is 21.2. The summed E-state index contributed by atoms with van der Waals surface area (Å²) in [6, 6.07) is 5.68. The summed E-state index contributed by atoms with van der Waals surface area (Å²) >= 11 is 1.72. The molecule has 0 radical (unpaired) electrons. The molecular formula is C27H37NO5S. The molecule has 0 aromatic heterocycles. The van der Waals surface area contributed by atoms with Crippen molar-refractivity contribution >= 4 is 29.2 Å². The van der Waals surface area contributed by atoms with Crippen molar-refractivity contribution in [2.45, 2.75) is 59.8 Å². The van der Waals surface area contributed by atoms with E-state index in [1.807, 2.05) is 32.0 Å². The Labute approximate surface area is 207 Å². The number of esters is 1. The number of ether oxygens (including phenoxy) is 3. The summed E-state index contributed by atoms with van der Waals surface area (Å²) in [7, 11) is 1.60. The zero-order chi connectivity index (χ0) is 24.9. The van der Waals surface area contributed by atoms with Crippen LogP contribution < -0.4 is 9.47 Å². The maximum absolute atomic E-state index is 13.4. The molecule has 34 heavy (non-hydrogen) atoms. The minimum absolute atomic E-state index is 0.115. The molecule has 1 saturated carbocycles. The molecule has 0 N–H and O–H groups in total. The second kappa shape index (κ2) is 11.4. The molecule has 0 spiro atoms. The Morgan fingerprint density at radius 2 is 1.91 bits per heavy atom. The number of carbonyl (C=O) groups excluding carboxylic acids is 2. The number of hydrogen-bond acceptors (Lipinski definition) is 7. The van der Waals surface area contributed by atoms with Gasteiger partial charge in [-0.1, -0.05) is 33.8 Å². The van der Waals surface area contributed by atoms with Gasteiger partial charge in [-0.15, -0.1) is 0 Å². The Morgan fingerprint density at radius 1 is 1.15 bits per heavy atom. The molecule has 1 aliphatic heterocycles. The second-order valence-electron chi connectivity index (χ2n) is 9.63. The fraction of sp³-hybridized carbons (Fsp3) is 0.593. The van der Waals surface area contributed by atoms with E-state index in [1.54, 1.807) is 18.9 Å². The lowest BCUT2D eigenvalue weighted by Gasteiger charge is -2.41. The molecule has 2 atom stereocenters. The van der Waals surface area contributed by atoms with E-state index in [4.69, 9.17) is 19.2 Å². The van der Waals surface area contributed by atoms with Gasteiger partial charge in [-0.05, 0) is 48.6 Å². The van der Waals surface area contributed by atoms with E-state index in [1.165, 1.54) is 0 Å². The second-order valence-corrected chi connectivity index (χ2v) is 11.0. The average Bonchev–Trinajstić information content (AvgIpc) is 2.78. The first-order chi connectivity index (χ1) is 16.2. The Balaban J connectivity index is 2.05. The highest BCUT2D eigenvalue weighted by Gasteiger charge is 2.47. The van der Waals surface area contributed by atoms with Crippen molar-refractivity contribution in [3.8, 4) is 11.5 Å². The van der Waals surface area contributed by atoms with Gasteiger partial charge in [0, 0.05) is 29.5 Å². The van der Waals surface area contributed by atoms with Crippen molar-refractivity contribution in [3.63, 3.8) is 0 Å². The van der Waals surface area contributed by atoms with Gasteiger partial charge in [-0.2, -0.15) is 11.8 Å².